The molecule has 25 heavy (non-hydrogen) atoms. The maximum Gasteiger partial charge on any atom is 0.155 e. The Morgan fingerprint density at radius 1 is 0.720 bits per heavy atom. The molecule has 0 aliphatic carbocycles. The Balaban J connectivity index is 2.01. The van der Waals surface area contributed by atoms with Gasteiger partial charge in [-0.25, -0.2) is 0 Å². The summed E-state index contributed by atoms with van der Waals surface area (Å²) in [5, 5.41) is 13.0. The number of hydrogen-bond donors (Lipinski definition) is 2. The second kappa shape index (κ2) is 5.91. The van der Waals surface area contributed by atoms with Crippen molar-refractivity contribution in [3.63, 3.8) is 0 Å². The number of aryl methyl sites for hydroxylation is 2. The molecule has 0 atom stereocenters. The fraction of sp³-hybridized carbons (Fsp3) is 0.130. The molecule has 1 heterocycles. The molecule has 0 unspecified atom stereocenters. The first kappa shape index (κ1) is 15.7. The van der Waals surface area contributed by atoms with Crippen LogP contribution in [-0.2, 0) is 5.60 Å². The summed E-state index contributed by atoms with van der Waals surface area (Å²) in [6.45, 7) is 4.09. The predicted molar refractivity (Wildman–Crippen MR) is 103 cm³/mol. The van der Waals surface area contributed by atoms with E-state index in [0.717, 1.165) is 38.9 Å². The summed E-state index contributed by atoms with van der Waals surface area (Å²) in [4.78, 5) is 3.42. The maximum atomic E-state index is 11.9. The summed E-state index contributed by atoms with van der Waals surface area (Å²) >= 11 is 0. The molecule has 0 fully saturated rings. The summed E-state index contributed by atoms with van der Waals surface area (Å²) < 4.78 is 0. The maximum absolute atomic E-state index is 11.9. The zero-order valence-corrected chi connectivity index (χ0v) is 14.5. The lowest BCUT2D eigenvalue weighted by Crippen LogP contribution is -2.29. The molecule has 0 radical (unpaired) electrons. The fourth-order valence-corrected chi connectivity index (χ4v) is 3.49. The van der Waals surface area contributed by atoms with E-state index in [-0.39, 0.29) is 0 Å². The first-order chi connectivity index (χ1) is 12.1. The first-order valence-corrected chi connectivity index (χ1v) is 8.52. The number of nitrogens with one attached hydrogen (secondary N) is 1. The SMILES string of the molecule is Cc1cccc(C(O)(c2cccc(C)c2)c2cc3ccccc3[nH]2)c1. The third-order valence-corrected chi connectivity index (χ3v) is 4.79. The number of aromatic nitrogens is 1. The van der Waals surface area contributed by atoms with Crippen LogP contribution >= 0.6 is 0 Å². The van der Waals surface area contributed by atoms with E-state index < -0.39 is 5.60 Å². The second-order valence-electron chi connectivity index (χ2n) is 6.72. The molecular formula is C23H21NO. The Hall–Kier alpha value is -2.84. The van der Waals surface area contributed by atoms with Gasteiger partial charge in [-0.05, 0) is 42.5 Å². The number of para-hydroxylation sites is 1. The Morgan fingerprint density at radius 3 is 1.88 bits per heavy atom. The molecule has 2 N–H and O–H groups in total. The lowest BCUT2D eigenvalue weighted by Gasteiger charge is -2.29. The van der Waals surface area contributed by atoms with Crippen molar-refractivity contribution < 1.29 is 5.11 Å². The summed E-state index contributed by atoms with van der Waals surface area (Å²) in [6.07, 6.45) is 0. The molecule has 0 aliphatic heterocycles. The number of H-pyrrole nitrogens is 1. The number of benzene rings is 3. The minimum atomic E-state index is -1.23. The standard InChI is InChI=1S/C23H21NO/c1-16-7-5-10-19(13-16)23(25,20-11-6-8-17(2)14-20)22-15-18-9-3-4-12-21(18)24-22/h3-15,24-25H,1-2H3. The highest BCUT2D eigenvalue weighted by Crippen LogP contribution is 2.38. The van der Waals surface area contributed by atoms with Crippen LogP contribution in [-0.4, -0.2) is 10.1 Å². The van der Waals surface area contributed by atoms with Crippen molar-refractivity contribution in [1.82, 2.24) is 4.98 Å². The summed E-state index contributed by atoms with van der Waals surface area (Å²) in [6, 6.07) is 26.3. The van der Waals surface area contributed by atoms with Gasteiger partial charge in [-0.15, -0.1) is 0 Å². The van der Waals surface area contributed by atoms with Crippen molar-refractivity contribution in [3.05, 3.63) is 107 Å². The first-order valence-electron chi connectivity index (χ1n) is 8.52. The van der Waals surface area contributed by atoms with Gasteiger partial charge in [0.25, 0.3) is 0 Å². The van der Waals surface area contributed by atoms with E-state index in [0.29, 0.717) is 0 Å². The van der Waals surface area contributed by atoms with Gasteiger partial charge in [-0.2, -0.15) is 0 Å². The summed E-state index contributed by atoms with van der Waals surface area (Å²) in [5.41, 5.74) is 4.56. The van der Waals surface area contributed by atoms with Crippen LogP contribution in [0.3, 0.4) is 0 Å². The van der Waals surface area contributed by atoms with Crippen LogP contribution in [0.1, 0.15) is 27.9 Å². The minimum absolute atomic E-state index is 0.782. The van der Waals surface area contributed by atoms with Crippen LogP contribution < -0.4 is 0 Å². The third kappa shape index (κ3) is 2.65. The highest BCUT2D eigenvalue weighted by Gasteiger charge is 2.35. The van der Waals surface area contributed by atoms with E-state index in [1.54, 1.807) is 0 Å². The van der Waals surface area contributed by atoms with Crippen LogP contribution in [0, 0.1) is 13.8 Å². The van der Waals surface area contributed by atoms with Crippen LogP contribution in [0.25, 0.3) is 10.9 Å². The number of rotatable bonds is 3. The van der Waals surface area contributed by atoms with Gasteiger partial charge in [0.1, 0.15) is 0 Å². The lowest BCUT2D eigenvalue weighted by molar-refractivity contribution is 0.121. The van der Waals surface area contributed by atoms with E-state index in [1.165, 1.54) is 0 Å². The van der Waals surface area contributed by atoms with Crippen molar-refractivity contribution in [2.45, 2.75) is 19.4 Å². The highest BCUT2D eigenvalue weighted by molar-refractivity contribution is 5.81. The molecule has 2 heteroatoms. The average molecular weight is 327 g/mol. The Bertz CT molecular complexity index is 966. The number of hydrogen-bond acceptors (Lipinski definition) is 1. The smallest absolute Gasteiger partial charge is 0.155 e. The van der Waals surface area contributed by atoms with E-state index >= 15 is 0 Å². The van der Waals surface area contributed by atoms with Gasteiger partial charge in [0, 0.05) is 5.52 Å². The van der Waals surface area contributed by atoms with Crippen LogP contribution in [0.15, 0.2) is 78.9 Å². The van der Waals surface area contributed by atoms with E-state index in [2.05, 4.69) is 11.1 Å². The van der Waals surface area contributed by atoms with E-state index in [1.807, 2.05) is 86.6 Å². The van der Waals surface area contributed by atoms with E-state index in [4.69, 9.17) is 0 Å². The molecule has 0 bridgehead atoms. The number of fused-ring (bicyclic) bond motifs is 1. The molecule has 124 valence electrons. The van der Waals surface area contributed by atoms with Gasteiger partial charge >= 0.3 is 0 Å². The molecule has 0 aliphatic rings. The van der Waals surface area contributed by atoms with Crippen molar-refractivity contribution in [2.75, 3.05) is 0 Å². The summed E-state index contributed by atoms with van der Waals surface area (Å²) in [5.74, 6) is 0. The molecule has 0 saturated carbocycles. The van der Waals surface area contributed by atoms with Crippen LogP contribution in [0.2, 0.25) is 0 Å². The molecule has 0 spiro atoms. The van der Waals surface area contributed by atoms with Crippen molar-refractivity contribution in [1.29, 1.82) is 0 Å². The Labute approximate surface area is 147 Å². The van der Waals surface area contributed by atoms with Crippen molar-refractivity contribution in [3.8, 4) is 0 Å². The highest BCUT2D eigenvalue weighted by atomic mass is 16.3. The van der Waals surface area contributed by atoms with Gasteiger partial charge in [-0.3, -0.25) is 0 Å². The average Bonchev–Trinajstić information content (AvgIpc) is 3.05. The lowest BCUT2D eigenvalue weighted by atomic mass is 9.82. The minimum Gasteiger partial charge on any atom is -0.375 e. The third-order valence-electron chi connectivity index (χ3n) is 4.79. The molecule has 0 amide bonds. The van der Waals surface area contributed by atoms with Crippen molar-refractivity contribution in [2.24, 2.45) is 0 Å². The van der Waals surface area contributed by atoms with Crippen LogP contribution in [0.5, 0.6) is 0 Å². The normalized spacial score (nSPS) is 11.8. The van der Waals surface area contributed by atoms with Gasteiger partial charge in [0.05, 0.1) is 5.69 Å². The molecule has 2 nitrogen and oxygen atoms in total. The van der Waals surface area contributed by atoms with Crippen LogP contribution in [0.4, 0.5) is 0 Å². The predicted octanol–water partition coefficient (Wildman–Crippen LogP) is 5.07. The molecule has 4 rings (SSSR count). The molecular weight excluding hydrogens is 306 g/mol. The topological polar surface area (TPSA) is 36.0 Å². The zero-order chi connectivity index (χ0) is 17.4. The van der Waals surface area contributed by atoms with E-state index in [9.17, 15) is 5.11 Å². The van der Waals surface area contributed by atoms with Crippen molar-refractivity contribution >= 4 is 10.9 Å². The quantitative estimate of drug-likeness (QED) is 0.541. The van der Waals surface area contributed by atoms with Gasteiger partial charge in [0.2, 0.25) is 0 Å². The molecule has 4 aromatic rings. The Kier molecular flexibility index (Phi) is 3.70. The number of aliphatic hydroxyl groups is 1. The molecule has 1 aromatic heterocycles. The second-order valence-corrected chi connectivity index (χ2v) is 6.72. The summed E-state index contributed by atoms with van der Waals surface area (Å²) in [7, 11) is 0. The fourth-order valence-electron chi connectivity index (χ4n) is 3.49. The van der Waals surface area contributed by atoms with Gasteiger partial charge in [-0.1, -0.05) is 77.9 Å². The van der Waals surface area contributed by atoms with Gasteiger partial charge < -0.3 is 10.1 Å². The number of aromatic amines is 1. The Morgan fingerprint density at radius 2 is 1.32 bits per heavy atom. The monoisotopic (exact) mass is 327 g/mol. The molecule has 0 saturated heterocycles. The van der Waals surface area contributed by atoms with Gasteiger partial charge in [0.15, 0.2) is 5.60 Å². The molecule has 3 aromatic carbocycles. The zero-order valence-electron chi connectivity index (χ0n) is 14.5. The largest absolute Gasteiger partial charge is 0.375 e.